The van der Waals surface area contributed by atoms with Gasteiger partial charge in [-0.1, -0.05) is 82.6 Å². The number of hydrogen-bond acceptors (Lipinski definition) is 4. The monoisotopic (exact) mass is 472 g/mol. The molecule has 0 atom stereocenters. The van der Waals surface area contributed by atoms with Gasteiger partial charge in [-0.05, 0) is 12.8 Å². The van der Waals surface area contributed by atoms with E-state index in [1.54, 1.807) is 16.7 Å². The Kier molecular flexibility index (Phi) is 15.8. The molecular weight excluding hydrogens is 424 g/mol. The van der Waals surface area contributed by atoms with E-state index in [0.717, 1.165) is 12.8 Å². The fourth-order valence-corrected chi connectivity index (χ4v) is 4.26. The number of aromatic nitrogens is 2. The Labute approximate surface area is 207 Å². The molecule has 0 aromatic carbocycles. The smallest absolute Gasteiger partial charge is 0.333 e. The van der Waals surface area contributed by atoms with Crippen molar-refractivity contribution < 1.29 is 5.11 Å². The molecule has 0 aliphatic rings. The van der Waals surface area contributed by atoms with Crippen LogP contribution in [0.15, 0.2) is 55.4 Å². The van der Waals surface area contributed by atoms with Crippen molar-refractivity contribution in [2.45, 2.75) is 84.5 Å². The first kappa shape index (κ1) is 29.7. The van der Waals surface area contributed by atoms with Gasteiger partial charge in [0, 0.05) is 26.2 Å². The predicted octanol–water partition coefficient (Wildman–Crippen LogP) is 5.69. The first-order chi connectivity index (χ1) is 16.5. The third kappa shape index (κ3) is 10.3. The van der Waals surface area contributed by atoms with Crippen molar-refractivity contribution >= 4 is 0 Å². The molecule has 0 aliphatic heterocycles. The molecular formula is C28H48N4O2. The molecule has 0 spiro atoms. The Morgan fingerprint density at radius 2 is 1.12 bits per heavy atom. The molecule has 192 valence electrons. The fraction of sp³-hybridized carbons (Fsp3) is 0.607. The van der Waals surface area contributed by atoms with E-state index in [0.29, 0.717) is 51.6 Å². The van der Waals surface area contributed by atoms with Gasteiger partial charge in [-0.25, -0.2) is 9.36 Å². The third-order valence-electron chi connectivity index (χ3n) is 6.05. The Morgan fingerprint density at radius 1 is 0.706 bits per heavy atom. The van der Waals surface area contributed by atoms with E-state index in [4.69, 9.17) is 0 Å². The number of unbranched alkanes of at least 4 members (excludes halogenated alkanes) is 8. The van der Waals surface area contributed by atoms with Crippen LogP contribution in [0.1, 0.15) is 70.4 Å². The summed E-state index contributed by atoms with van der Waals surface area (Å²) >= 11 is 0. The first-order valence-electron chi connectivity index (χ1n) is 12.9. The highest BCUT2D eigenvalue weighted by Gasteiger charge is 2.21. The van der Waals surface area contributed by atoms with Crippen LogP contribution in [0.4, 0.5) is 0 Å². The van der Waals surface area contributed by atoms with Gasteiger partial charge in [0.2, 0.25) is 5.88 Å². The fourth-order valence-electron chi connectivity index (χ4n) is 4.26. The number of aromatic hydroxyl groups is 1. The lowest BCUT2D eigenvalue weighted by atomic mass is 10.1. The molecule has 0 fully saturated rings. The number of nitrogens with zero attached hydrogens (tertiary/aromatic N) is 4. The molecule has 1 N–H and O–H groups in total. The summed E-state index contributed by atoms with van der Waals surface area (Å²) in [7, 11) is 0. The zero-order valence-corrected chi connectivity index (χ0v) is 21.6. The summed E-state index contributed by atoms with van der Waals surface area (Å²) in [5.41, 5.74) is 0.517. The van der Waals surface area contributed by atoms with E-state index in [1.165, 1.54) is 49.5 Å². The normalized spacial score (nSPS) is 11.3. The van der Waals surface area contributed by atoms with E-state index >= 15 is 0 Å². The molecule has 0 saturated carbocycles. The summed E-state index contributed by atoms with van der Waals surface area (Å²) in [6.07, 6.45) is 19.0. The minimum atomic E-state index is -0.195. The van der Waals surface area contributed by atoms with Crippen LogP contribution in [0.5, 0.6) is 5.88 Å². The second-order valence-corrected chi connectivity index (χ2v) is 9.00. The van der Waals surface area contributed by atoms with Crippen LogP contribution in [-0.4, -0.2) is 50.2 Å². The maximum atomic E-state index is 13.4. The summed E-state index contributed by atoms with van der Waals surface area (Å²) < 4.78 is 3.18. The predicted molar refractivity (Wildman–Crippen MR) is 145 cm³/mol. The zero-order valence-electron chi connectivity index (χ0n) is 21.6. The maximum Gasteiger partial charge on any atom is 0.333 e. The summed E-state index contributed by atoms with van der Waals surface area (Å²) in [5.74, 6) is 0.0693. The van der Waals surface area contributed by atoms with Crippen molar-refractivity contribution in [2.75, 3.05) is 26.2 Å². The Balaban J connectivity index is 2.96. The summed E-state index contributed by atoms with van der Waals surface area (Å²) in [6, 6.07) is 0. The molecule has 0 saturated heterocycles. The van der Waals surface area contributed by atoms with Gasteiger partial charge in [-0.2, -0.15) is 0 Å². The minimum Gasteiger partial charge on any atom is -0.493 e. The zero-order chi connectivity index (χ0) is 25.2. The molecule has 0 bridgehead atoms. The Morgan fingerprint density at radius 3 is 1.56 bits per heavy atom. The summed E-state index contributed by atoms with van der Waals surface area (Å²) in [4.78, 5) is 17.5. The lowest BCUT2D eigenvalue weighted by molar-refractivity contribution is 0.238. The van der Waals surface area contributed by atoms with Gasteiger partial charge < -0.3 is 5.11 Å². The van der Waals surface area contributed by atoms with Crippen LogP contribution >= 0.6 is 0 Å². The standard InChI is InChI=1S/C28H48N4O2/c1-6-11-12-13-14-15-16-17-18-19-26-27(33)32(25-30(22-9-4)23-10-5)28(34)31(26)24-29(20-7-2)21-8-3/h7-10,33H,2-6,11-25H2,1H3. The lowest BCUT2D eigenvalue weighted by Crippen LogP contribution is -2.37. The molecule has 0 radical (unpaired) electrons. The molecule has 1 heterocycles. The number of imidazole rings is 1. The Bertz CT molecular complexity index is 773. The minimum absolute atomic E-state index is 0.0693. The molecule has 1 aromatic heterocycles. The molecule has 0 unspecified atom stereocenters. The van der Waals surface area contributed by atoms with Crippen molar-refractivity contribution in [1.82, 2.24) is 18.9 Å². The van der Waals surface area contributed by atoms with Gasteiger partial charge in [0.05, 0.1) is 19.0 Å². The van der Waals surface area contributed by atoms with E-state index in [-0.39, 0.29) is 11.6 Å². The first-order valence-corrected chi connectivity index (χ1v) is 12.9. The van der Waals surface area contributed by atoms with E-state index in [2.05, 4.69) is 38.1 Å². The van der Waals surface area contributed by atoms with Gasteiger partial charge in [0.15, 0.2) is 0 Å². The summed E-state index contributed by atoms with van der Waals surface area (Å²) in [6.45, 7) is 20.7. The second kappa shape index (κ2) is 18.1. The van der Waals surface area contributed by atoms with Crippen molar-refractivity contribution in [1.29, 1.82) is 0 Å². The van der Waals surface area contributed by atoms with Crippen molar-refractivity contribution in [2.24, 2.45) is 0 Å². The average molecular weight is 473 g/mol. The van der Waals surface area contributed by atoms with Crippen LogP contribution in [0, 0.1) is 0 Å². The highest BCUT2D eigenvalue weighted by molar-refractivity contribution is 5.21. The molecule has 1 aromatic rings. The largest absolute Gasteiger partial charge is 0.493 e. The maximum absolute atomic E-state index is 13.4. The quantitative estimate of drug-likeness (QED) is 0.174. The molecule has 0 aliphatic carbocycles. The van der Waals surface area contributed by atoms with Gasteiger partial charge in [0.1, 0.15) is 0 Å². The van der Waals surface area contributed by atoms with Crippen LogP contribution in [0.3, 0.4) is 0 Å². The van der Waals surface area contributed by atoms with Gasteiger partial charge in [-0.3, -0.25) is 14.4 Å². The topological polar surface area (TPSA) is 53.6 Å². The average Bonchev–Trinajstić information content (AvgIpc) is 3.02. The van der Waals surface area contributed by atoms with Crippen LogP contribution < -0.4 is 5.69 Å². The number of hydrogen-bond donors (Lipinski definition) is 1. The van der Waals surface area contributed by atoms with Crippen molar-refractivity contribution in [3.05, 3.63) is 66.8 Å². The van der Waals surface area contributed by atoms with Gasteiger partial charge >= 0.3 is 5.69 Å². The SMILES string of the molecule is C=CCN(CC=C)Cn1c(O)c(CCCCCCCCCCC)n(CN(CC=C)CC=C)c1=O. The van der Waals surface area contributed by atoms with Gasteiger partial charge in [-0.15, -0.1) is 26.3 Å². The van der Waals surface area contributed by atoms with E-state index < -0.39 is 0 Å². The third-order valence-corrected chi connectivity index (χ3v) is 6.05. The molecule has 6 nitrogen and oxygen atoms in total. The lowest BCUT2D eigenvalue weighted by Gasteiger charge is -2.20. The molecule has 1 rings (SSSR count). The van der Waals surface area contributed by atoms with Crippen LogP contribution in [0.2, 0.25) is 0 Å². The highest BCUT2D eigenvalue weighted by atomic mass is 16.3. The molecule has 6 heteroatoms. The summed E-state index contributed by atoms with van der Waals surface area (Å²) in [5, 5.41) is 11.1. The van der Waals surface area contributed by atoms with Crippen LogP contribution in [0.25, 0.3) is 0 Å². The molecule has 34 heavy (non-hydrogen) atoms. The van der Waals surface area contributed by atoms with Crippen molar-refractivity contribution in [3.8, 4) is 5.88 Å². The number of rotatable bonds is 22. The highest BCUT2D eigenvalue weighted by Crippen LogP contribution is 2.21. The van der Waals surface area contributed by atoms with E-state index in [9.17, 15) is 9.90 Å². The van der Waals surface area contributed by atoms with Crippen LogP contribution in [-0.2, 0) is 19.8 Å². The molecule has 0 amide bonds. The second-order valence-electron chi connectivity index (χ2n) is 9.00. The van der Waals surface area contributed by atoms with Crippen molar-refractivity contribution in [3.63, 3.8) is 0 Å². The van der Waals surface area contributed by atoms with Gasteiger partial charge in [0.25, 0.3) is 0 Å². The Hall–Kier alpha value is -2.31. The van der Waals surface area contributed by atoms with E-state index in [1.807, 2.05) is 17.1 Å².